The van der Waals surface area contributed by atoms with Crippen LogP contribution >= 0.6 is 0 Å². The molecule has 1 aromatic carbocycles. The predicted molar refractivity (Wildman–Crippen MR) is 110 cm³/mol. The second-order valence-corrected chi connectivity index (χ2v) is 6.42. The number of carbonyl (C=O) groups excluding carboxylic acids is 1. The van der Waals surface area contributed by atoms with Crippen molar-refractivity contribution in [1.29, 1.82) is 0 Å². The molecule has 0 spiro atoms. The van der Waals surface area contributed by atoms with Crippen LogP contribution in [0.5, 0.6) is 11.6 Å². The Morgan fingerprint density at radius 1 is 1.07 bits per heavy atom. The summed E-state index contributed by atoms with van der Waals surface area (Å²) in [6, 6.07) is 14.4. The van der Waals surface area contributed by atoms with E-state index in [4.69, 9.17) is 9.26 Å². The summed E-state index contributed by atoms with van der Waals surface area (Å²) in [6.45, 7) is 2.01. The molecule has 0 saturated carbocycles. The molecular formula is C22H19N5O3. The van der Waals surface area contributed by atoms with Gasteiger partial charge in [0.15, 0.2) is 5.82 Å². The molecule has 4 rings (SSSR count). The summed E-state index contributed by atoms with van der Waals surface area (Å²) < 4.78 is 10.7. The standard InChI is InChI=1S/C22H19N5O3/c1-2-19-23-12-9-18(25-19)17-4-3-11-24-22(17)30-16-7-5-15(6-8-16)14-21(28)26-20-10-13-29-27-20/h3-13H,2,14H2,1H3,(H,26,27,28). The van der Waals surface area contributed by atoms with Crippen LogP contribution in [-0.2, 0) is 17.6 Å². The summed E-state index contributed by atoms with van der Waals surface area (Å²) in [7, 11) is 0. The molecular weight excluding hydrogens is 382 g/mol. The number of aryl methyl sites for hydroxylation is 1. The van der Waals surface area contributed by atoms with Crippen LogP contribution in [0, 0.1) is 0 Å². The van der Waals surface area contributed by atoms with Gasteiger partial charge in [-0.25, -0.2) is 15.0 Å². The van der Waals surface area contributed by atoms with E-state index in [1.54, 1.807) is 30.6 Å². The summed E-state index contributed by atoms with van der Waals surface area (Å²) in [4.78, 5) is 25.2. The molecule has 0 aliphatic rings. The van der Waals surface area contributed by atoms with Gasteiger partial charge in [-0.15, -0.1) is 0 Å². The topological polar surface area (TPSA) is 103 Å². The van der Waals surface area contributed by atoms with Crippen molar-refractivity contribution < 1.29 is 14.1 Å². The van der Waals surface area contributed by atoms with Crippen molar-refractivity contribution in [2.45, 2.75) is 19.8 Å². The molecule has 0 fully saturated rings. The monoisotopic (exact) mass is 401 g/mol. The predicted octanol–water partition coefficient (Wildman–Crippen LogP) is 4.06. The third-order valence-electron chi connectivity index (χ3n) is 4.28. The van der Waals surface area contributed by atoms with Crippen LogP contribution in [0.2, 0.25) is 0 Å². The number of aromatic nitrogens is 4. The smallest absolute Gasteiger partial charge is 0.230 e. The molecule has 1 amide bonds. The zero-order chi connectivity index (χ0) is 20.8. The lowest BCUT2D eigenvalue weighted by Crippen LogP contribution is -2.14. The number of rotatable bonds is 7. The Hall–Kier alpha value is -4.07. The SMILES string of the molecule is CCc1nccc(-c2cccnc2Oc2ccc(CC(=O)Nc3ccon3)cc2)n1. The van der Waals surface area contributed by atoms with Gasteiger partial charge in [0.1, 0.15) is 17.8 Å². The number of hydrogen-bond donors (Lipinski definition) is 1. The van der Waals surface area contributed by atoms with Gasteiger partial charge in [-0.3, -0.25) is 4.79 Å². The fourth-order valence-corrected chi connectivity index (χ4v) is 2.82. The van der Waals surface area contributed by atoms with E-state index in [1.807, 2.05) is 37.3 Å². The Bertz CT molecular complexity index is 1130. The minimum atomic E-state index is -0.180. The number of anilines is 1. The van der Waals surface area contributed by atoms with Gasteiger partial charge in [-0.05, 0) is 35.9 Å². The first-order valence-corrected chi connectivity index (χ1v) is 9.45. The number of amides is 1. The lowest BCUT2D eigenvalue weighted by atomic mass is 10.1. The number of nitrogens with zero attached hydrogens (tertiary/aromatic N) is 4. The molecule has 30 heavy (non-hydrogen) atoms. The van der Waals surface area contributed by atoms with Crippen molar-refractivity contribution in [1.82, 2.24) is 20.1 Å². The summed E-state index contributed by atoms with van der Waals surface area (Å²) in [6.07, 6.45) is 5.76. The minimum Gasteiger partial charge on any atom is -0.438 e. The molecule has 0 aliphatic heterocycles. The average Bonchev–Trinajstić information content (AvgIpc) is 3.28. The van der Waals surface area contributed by atoms with Crippen LogP contribution < -0.4 is 10.1 Å². The quantitative estimate of drug-likeness (QED) is 0.498. The number of pyridine rings is 1. The molecule has 3 aromatic heterocycles. The summed E-state index contributed by atoms with van der Waals surface area (Å²) in [5.41, 5.74) is 2.38. The summed E-state index contributed by atoms with van der Waals surface area (Å²) in [5, 5.41) is 6.32. The Morgan fingerprint density at radius 3 is 2.70 bits per heavy atom. The van der Waals surface area contributed by atoms with Gasteiger partial charge in [-0.2, -0.15) is 0 Å². The Morgan fingerprint density at radius 2 is 1.93 bits per heavy atom. The molecule has 0 radical (unpaired) electrons. The van der Waals surface area contributed by atoms with Crippen molar-refractivity contribution >= 4 is 11.7 Å². The van der Waals surface area contributed by atoms with Crippen LogP contribution in [0.15, 0.2) is 71.7 Å². The average molecular weight is 401 g/mol. The third kappa shape index (κ3) is 4.67. The highest BCUT2D eigenvalue weighted by Crippen LogP contribution is 2.30. The maximum absolute atomic E-state index is 12.1. The number of ether oxygens (including phenoxy) is 1. The van der Waals surface area contributed by atoms with E-state index in [2.05, 4.69) is 25.4 Å². The molecule has 0 unspecified atom stereocenters. The van der Waals surface area contributed by atoms with Gasteiger partial charge < -0.3 is 14.6 Å². The van der Waals surface area contributed by atoms with E-state index in [9.17, 15) is 4.79 Å². The lowest BCUT2D eigenvalue weighted by molar-refractivity contribution is -0.115. The van der Waals surface area contributed by atoms with E-state index < -0.39 is 0 Å². The molecule has 0 atom stereocenters. The highest BCUT2D eigenvalue weighted by atomic mass is 16.5. The van der Waals surface area contributed by atoms with Gasteiger partial charge in [0, 0.05) is 24.9 Å². The third-order valence-corrected chi connectivity index (χ3v) is 4.28. The summed E-state index contributed by atoms with van der Waals surface area (Å²) >= 11 is 0. The maximum Gasteiger partial charge on any atom is 0.230 e. The fraction of sp³-hybridized carbons (Fsp3) is 0.136. The lowest BCUT2D eigenvalue weighted by Gasteiger charge is -2.10. The molecule has 3 heterocycles. The Kier molecular flexibility index (Phi) is 5.75. The minimum absolute atomic E-state index is 0.180. The first kappa shape index (κ1) is 19.3. The van der Waals surface area contributed by atoms with Gasteiger partial charge >= 0.3 is 0 Å². The molecule has 150 valence electrons. The largest absolute Gasteiger partial charge is 0.438 e. The van der Waals surface area contributed by atoms with E-state index >= 15 is 0 Å². The van der Waals surface area contributed by atoms with Crippen LogP contribution in [0.4, 0.5) is 5.82 Å². The maximum atomic E-state index is 12.1. The van der Waals surface area contributed by atoms with E-state index in [1.165, 1.54) is 6.26 Å². The van der Waals surface area contributed by atoms with Crippen LogP contribution in [-0.4, -0.2) is 26.0 Å². The van der Waals surface area contributed by atoms with Crippen molar-refractivity contribution in [3.8, 4) is 22.9 Å². The number of hydrogen-bond acceptors (Lipinski definition) is 7. The number of nitrogens with one attached hydrogen (secondary N) is 1. The first-order chi connectivity index (χ1) is 14.7. The van der Waals surface area contributed by atoms with Crippen molar-refractivity contribution in [2.75, 3.05) is 5.32 Å². The second kappa shape index (κ2) is 8.95. The highest BCUT2D eigenvalue weighted by molar-refractivity contribution is 5.91. The molecule has 0 bridgehead atoms. The zero-order valence-corrected chi connectivity index (χ0v) is 16.3. The number of benzene rings is 1. The van der Waals surface area contributed by atoms with Gasteiger partial charge in [0.05, 0.1) is 17.7 Å². The van der Waals surface area contributed by atoms with Crippen LogP contribution in [0.25, 0.3) is 11.3 Å². The van der Waals surface area contributed by atoms with Gasteiger partial charge in [0.25, 0.3) is 0 Å². The first-order valence-electron chi connectivity index (χ1n) is 9.45. The van der Waals surface area contributed by atoms with Crippen LogP contribution in [0.3, 0.4) is 0 Å². The van der Waals surface area contributed by atoms with E-state index in [0.29, 0.717) is 17.4 Å². The highest BCUT2D eigenvalue weighted by Gasteiger charge is 2.11. The molecule has 0 aliphatic carbocycles. The van der Waals surface area contributed by atoms with E-state index in [-0.39, 0.29) is 12.3 Å². The zero-order valence-electron chi connectivity index (χ0n) is 16.3. The molecule has 0 saturated heterocycles. The summed E-state index contributed by atoms with van der Waals surface area (Å²) in [5.74, 6) is 2.03. The van der Waals surface area contributed by atoms with Crippen LogP contribution in [0.1, 0.15) is 18.3 Å². The van der Waals surface area contributed by atoms with Gasteiger partial charge in [-0.1, -0.05) is 24.2 Å². The molecule has 8 heteroatoms. The Labute approximate surface area is 173 Å². The van der Waals surface area contributed by atoms with Crippen molar-refractivity contribution in [3.63, 3.8) is 0 Å². The normalized spacial score (nSPS) is 10.6. The molecule has 1 N–H and O–H groups in total. The van der Waals surface area contributed by atoms with Crippen molar-refractivity contribution in [3.05, 3.63) is 78.6 Å². The second-order valence-electron chi connectivity index (χ2n) is 6.42. The molecule has 4 aromatic rings. The van der Waals surface area contributed by atoms with E-state index in [0.717, 1.165) is 29.1 Å². The molecule has 8 nitrogen and oxygen atoms in total. The van der Waals surface area contributed by atoms with Gasteiger partial charge in [0.2, 0.25) is 11.8 Å². The fourth-order valence-electron chi connectivity index (χ4n) is 2.82. The van der Waals surface area contributed by atoms with Crippen molar-refractivity contribution in [2.24, 2.45) is 0 Å². The number of carbonyl (C=O) groups is 1. The Balaban J connectivity index is 1.47.